The van der Waals surface area contributed by atoms with Crippen LogP contribution in [0.25, 0.3) is 0 Å². The Balaban J connectivity index is 2.25. The van der Waals surface area contributed by atoms with Gasteiger partial charge >= 0.3 is 12.0 Å². The Hall–Kier alpha value is -1.30. The average molecular weight is 215 g/mol. The minimum atomic E-state index is -1.03. The SMILES string of the molecule is C[C@H](NC(=O)NC1CCNCC1)C(=O)O. The van der Waals surface area contributed by atoms with E-state index >= 15 is 0 Å². The molecule has 6 heteroatoms. The van der Waals surface area contributed by atoms with Crippen molar-refractivity contribution in [1.82, 2.24) is 16.0 Å². The molecule has 0 saturated carbocycles. The zero-order chi connectivity index (χ0) is 11.3. The maximum absolute atomic E-state index is 11.3. The van der Waals surface area contributed by atoms with Crippen molar-refractivity contribution in [2.75, 3.05) is 13.1 Å². The first-order chi connectivity index (χ1) is 7.09. The summed E-state index contributed by atoms with van der Waals surface area (Å²) in [5.74, 6) is -1.03. The Labute approximate surface area is 88.4 Å². The Morgan fingerprint density at radius 2 is 2.00 bits per heavy atom. The van der Waals surface area contributed by atoms with Crippen LogP contribution >= 0.6 is 0 Å². The number of aliphatic carboxylic acids is 1. The lowest BCUT2D eigenvalue weighted by molar-refractivity contribution is -0.138. The second-order valence-electron chi connectivity index (χ2n) is 3.70. The minimum absolute atomic E-state index is 0.146. The largest absolute Gasteiger partial charge is 0.480 e. The van der Waals surface area contributed by atoms with Crippen molar-refractivity contribution in [2.24, 2.45) is 0 Å². The van der Waals surface area contributed by atoms with E-state index < -0.39 is 18.0 Å². The van der Waals surface area contributed by atoms with Crippen molar-refractivity contribution in [2.45, 2.75) is 31.8 Å². The highest BCUT2D eigenvalue weighted by atomic mass is 16.4. The molecule has 1 saturated heterocycles. The average Bonchev–Trinajstić information content (AvgIpc) is 2.18. The number of nitrogens with one attached hydrogen (secondary N) is 3. The monoisotopic (exact) mass is 215 g/mol. The number of carbonyl (C=O) groups is 2. The van der Waals surface area contributed by atoms with Gasteiger partial charge in [-0.1, -0.05) is 0 Å². The molecule has 0 bridgehead atoms. The maximum atomic E-state index is 11.3. The molecule has 0 aromatic rings. The van der Waals surface area contributed by atoms with Gasteiger partial charge in [0.2, 0.25) is 0 Å². The molecule has 1 fully saturated rings. The number of piperidine rings is 1. The predicted octanol–water partition coefficient (Wildman–Crippen LogP) is -0.489. The highest BCUT2D eigenvalue weighted by Crippen LogP contribution is 2.01. The van der Waals surface area contributed by atoms with Gasteiger partial charge in [-0.15, -0.1) is 0 Å². The minimum Gasteiger partial charge on any atom is -0.480 e. The number of carboxylic acids is 1. The lowest BCUT2D eigenvalue weighted by atomic mass is 10.1. The van der Waals surface area contributed by atoms with E-state index in [1.54, 1.807) is 0 Å². The zero-order valence-electron chi connectivity index (χ0n) is 8.75. The Morgan fingerprint density at radius 1 is 1.40 bits per heavy atom. The number of carboxylic acid groups (broad SMARTS) is 1. The third-order valence-corrected chi connectivity index (χ3v) is 2.39. The lowest BCUT2D eigenvalue weighted by Gasteiger charge is -2.24. The van der Waals surface area contributed by atoms with E-state index in [0.717, 1.165) is 25.9 Å². The topological polar surface area (TPSA) is 90.5 Å². The molecule has 1 aliphatic heterocycles. The van der Waals surface area contributed by atoms with Crippen LogP contribution in [0.2, 0.25) is 0 Å². The van der Waals surface area contributed by atoms with Gasteiger partial charge in [-0.2, -0.15) is 0 Å². The molecule has 1 atom stereocenters. The van der Waals surface area contributed by atoms with E-state index in [-0.39, 0.29) is 6.04 Å². The quantitative estimate of drug-likeness (QED) is 0.511. The summed E-state index contributed by atoms with van der Waals surface area (Å²) in [7, 11) is 0. The molecule has 1 rings (SSSR count). The first-order valence-electron chi connectivity index (χ1n) is 5.10. The normalized spacial score (nSPS) is 19.3. The molecular formula is C9H17N3O3. The summed E-state index contributed by atoms with van der Waals surface area (Å²) >= 11 is 0. The van der Waals surface area contributed by atoms with Gasteiger partial charge in [-0.05, 0) is 32.9 Å². The summed E-state index contributed by atoms with van der Waals surface area (Å²) in [5.41, 5.74) is 0. The molecule has 0 aromatic carbocycles. The van der Waals surface area contributed by atoms with Crippen LogP contribution in [0.5, 0.6) is 0 Å². The van der Waals surface area contributed by atoms with Gasteiger partial charge < -0.3 is 21.1 Å². The zero-order valence-corrected chi connectivity index (χ0v) is 8.75. The number of amides is 2. The molecule has 0 radical (unpaired) electrons. The number of hydrogen-bond acceptors (Lipinski definition) is 3. The third-order valence-electron chi connectivity index (χ3n) is 2.39. The number of carbonyl (C=O) groups excluding carboxylic acids is 1. The molecule has 0 aliphatic carbocycles. The molecule has 4 N–H and O–H groups in total. The van der Waals surface area contributed by atoms with Crippen molar-refractivity contribution < 1.29 is 14.7 Å². The fraction of sp³-hybridized carbons (Fsp3) is 0.778. The molecule has 0 aromatic heterocycles. The van der Waals surface area contributed by atoms with Crippen LogP contribution in [-0.2, 0) is 4.79 Å². The lowest BCUT2D eigenvalue weighted by Crippen LogP contribution is -2.50. The van der Waals surface area contributed by atoms with Crippen molar-refractivity contribution in [3.63, 3.8) is 0 Å². The second-order valence-corrected chi connectivity index (χ2v) is 3.70. The van der Waals surface area contributed by atoms with Crippen molar-refractivity contribution in [1.29, 1.82) is 0 Å². The highest BCUT2D eigenvalue weighted by Gasteiger charge is 2.18. The van der Waals surface area contributed by atoms with Crippen molar-refractivity contribution in [3.05, 3.63) is 0 Å². The predicted molar refractivity (Wildman–Crippen MR) is 54.7 cm³/mol. The van der Waals surface area contributed by atoms with E-state index in [0.29, 0.717) is 0 Å². The van der Waals surface area contributed by atoms with E-state index in [4.69, 9.17) is 5.11 Å². The molecule has 0 unspecified atom stereocenters. The van der Waals surface area contributed by atoms with Crippen LogP contribution in [0.3, 0.4) is 0 Å². The first-order valence-corrected chi connectivity index (χ1v) is 5.10. The molecular weight excluding hydrogens is 198 g/mol. The summed E-state index contributed by atoms with van der Waals surface area (Å²) in [6, 6.07) is -1.12. The summed E-state index contributed by atoms with van der Waals surface area (Å²) in [5, 5.41) is 16.9. The van der Waals surface area contributed by atoms with Crippen LogP contribution in [0.15, 0.2) is 0 Å². The standard InChI is InChI=1S/C9H17N3O3/c1-6(8(13)14)11-9(15)12-7-2-4-10-5-3-7/h6-7,10H,2-5H2,1H3,(H,13,14)(H2,11,12,15)/t6-/m0/s1. The van der Waals surface area contributed by atoms with Crippen LogP contribution < -0.4 is 16.0 Å². The summed E-state index contributed by atoms with van der Waals surface area (Å²) in [4.78, 5) is 21.8. The highest BCUT2D eigenvalue weighted by molar-refractivity contribution is 5.82. The van der Waals surface area contributed by atoms with E-state index in [9.17, 15) is 9.59 Å². The van der Waals surface area contributed by atoms with Crippen LogP contribution in [0, 0.1) is 0 Å². The Morgan fingerprint density at radius 3 is 2.53 bits per heavy atom. The van der Waals surface area contributed by atoms with Gasteiger partial charge in [0.05, 0.1) is 0 Å². The van der Waals surface area contributed by atoms with Crippen LogP contribution in [0.4, 0.5) is 4.79 Å². The number of hydrogen-bond donors (Lipinski definition) is 4. The van der Waals surface area contributed by atoms with E-state index in [1.807, 2.05) is 0 Å². The summed E-state index contributed by atoms with van der Waals surface area (Å²) in [6.07, 6.45) is 1.77. The fourth-order valence-corrected chi connectivity index (χ4v) is 1.45. The van der Waals surface area contributed by atoms with Crippen molar-refractivity contribution in [3.8, 4) is 0 Å². The van der Waals surface area contributed by atoms with Gasteiger partial charge in [0.25, 0.3) is 0 Å². The fourth-order valence-electron chi connectivity index (χ4n) is 1.45. The van der Waals surface area contributed by atoms with Gasteiger partial charge in [0, 0.05) is 6.04 Å². The van der Waals surface area contributed by atoms with E-state index in [1.165, 1.54) is 6.92 Å². The second kappa shape index (κ2) is 5.55. The third kappa shape index (κ3) is 4.16. The van der Waals surface area contributed by atoms with Crippen molar-refractivity contribution >= 4 is 12.0 Å². The Kier molecular flexibility index (Phi) is 4.36. The Bertz CT molecular complexity index is 239. The summed E-state index contributed by atoms with van der Waals surface area (Å²) in [6.45, 7) is 3.21. The van der Waals surface area contributed by atoms with Gasteiger partial charge in [-0.25, -0.2) is 4.79 Å². The molecule has 15 heavy (non-hydrogen) atoms. The molecule has 1 heterocycles. The van der Waals surface area contributed by atoms with Crippen LogP contribution in [-0.4, -0.2) is 42.3 Å². The molecule has 6 nitrogen and oxygen atoms in total. The molecule has 0 spiro atoms. The maximum Gasteiger partial charge on any atom is 0.325 e. The van der Waals surface area contributed by atoms with Crippen LogP contribution in [0.1, 0.15) is 19.8 Å². The molecule has 1 aliphatic rings. The number of rotatable bonds is 3. The number of urea groups is 1. The smallest absolute Gasteiger partial charge is 0.325 e. The van der Waals surface area contributed by atoms with Gasteiger partial charge in [0.1, 0.15) is 6.04 Å². The van der Waals surface area contributed by atoms with E-state index in [2.05, 4.69) is 16.0 Å². The first kappa shape index (κ1) is 11.8. The summed E-state index contributed by atoms with van der Waals surface area (Å²) < 4.78 is 0. The van der Waals surface area contributed by atoms with Gasteiger partial charge in [-0.3, -0.25) is 4.79 Å². The van der Waals surface area contributed by atoms with Gasteiger partial charge in [0.15, 0.2) is 0 Å². The molecule has 2 amide bonds. The molecule has 86 valence electrons.